The number of aliphatic carboxylic acids is 1. The van der Waals surface area contributed by atoms with Crippen LogP contribution in [-0.2, 0) is 11.4 Å². The van der Waals surface area contributed by atoms with Crippen molar-refractivity contribution in [3.63, 3.8) is 0 Å². The van der Waals surface area contributed by atoms with Crippen LogP contribution < -0.4 is 9.47 Å². The van der Waals surface area contributed by atoms with Gasteiger partial charge in [0, 0.05) is 17.8 Å². The van der Waals surface area contributed by atoms with Crippen LogP contribution in [0.3, 0.4) is 0 Å². The molecule has 2 aromatic carbocycles. The number of carboxylic acid groups (broad SMARTS) is 1. The molecule has 6 nitrogen and oxygen atoms in total. The molecule has 1 saturated carbocycles. The molecule has 1 aliphatic rings. The molecule has 0 spiro atoms. The maximum absolute atomic E-state index is 14.1. The first-order valence-corrected chi connectivity index (χ1v) is 9.85. The highest BCUT2D eigenvalue weighted by molar-refractivity contribution is 5.68. The summed E-state index contributed by atoms with van der Waals surface area (Å²) in [5.41, 5.74) is 2.07. The summed E-state index contributed by atoms with van der Waals surface area (Å²) >= 11 is 0. The molecule has 7 heteroatoms. The molecule has 0 aliphatic heterocycles. The van der Waals surface area contributed by atoms with Crippen molar-refractivity contribution in [3.05, 3.63) is 71.8 Å². The van der Waals surface area contributed by atoms with Gasteiger partial charge >= 0.3 is 5.97 Å². The van der Waals surface area contributed by atoms with Crippen molar-refractivity contribution in [2.45, 2.75) is 31.8 Å². The molecule has 0 amide bonds. The third-order valence-corrected chi connectivity index (χ3v) is 5.31. The Bertz CT molecular complexity index is 1050. The smallest absolute Gasteiger partial charge is 0.303 e. The molecule has 1 fully saturated rings. The first-order valence-electron chi connectivity index (χ1n) is 9.85. The molecule has 1 aliphatic carbocycles. The minimum Gasteiger partial charge on any atom is -0.497 e. The molecule has 156 valence electrons. The summed E-state index contributed by atoms with van der Waals surface area (Å²) in [6.07, 6.45) is 5.61. The SMILES string of the molecule is COc1ccc(F)c(-n2cc(COc3cccc([C@@H](CC(=O)O)C4CC4)c3)cn2)c1. The van der Waals surface area contributed by atoms with Gasteiger partial charge in [0.1, 0.15) is 29.6 Å². The van der Waals surface area contributed by atoms with Crippen LogP contribution in [-0.4, -0.2) is 28.0 Å². The maximum atomic E-state index is 14.1. The van der Waals surface area contributed by atoms with Gasteiger partial charge in [-0.05, 0) is 54.5 Å². The Morgan fingerprint density at radius 1 is 1.27 bits per heavy atom. The molecule has 30 heavy (non-hydrogen) atoms. The van der Waals surface area contributed by atoms with Gasteiger partial charge in [0.15, 0.2) is 0 Å². The lowest BCUT2D eigenvalue weighted by atomic mass is 9.91. The fourth-order valence-electron chi connectivity index (χ4n) is 3.61. The van der Waals surface area contributed by atoms with Crippen LogP contribution in [0, 0.1) is 11.7 Å². The number of benzene rings is 2. The second-order valence-corrected chi connectivity index (χ2v) is 7.51. The Labute approximate surface area is 173 Å². The molecule has 3 aromatic rings. The molecule has 1 atom stereocenters. The van der Waals surface area contributed by atoms with E-state index in [1.807, 2.05) is 24.3 Å². The van der Waals surface area contributed by atoms with Crippen molar-refractivity contribution in [1.82, 2.24) is 9.78 Å². The van der Waals surface area contributed by atoms with Crippen LogP contribution >= 0.6 is 0 Å². The molecule has 0 radical (unpaired) electrons. The summed E-state index contributed by atoms with van der Waals surface area (Å²) in [5, 5.41) is 13.4. The van der Waals surface area contributed by atoms with Crippen molar-refractivity contribution >= 4 is 5.97 Å². The lowest BCUT2D eigenvalue weighted by molar-refractivity contribution is -0.137. The molecule has 1 heterocycles. The highest BCUT2D eigenvalue weighted by Crippen LogP contribution is 2.45. The maximum Gasteiger partial charge on any atom is 0.303 e. The molecule has 1 aromatic heterocycles. The lowest BCUT2D eigenvalue weighted by Crippen LogP contribution is -2.08. The minimum absolute atomic E-state index is 0.0184. The van der Waals surface area contributed by atoms with E-state index in [1.165, 1.54) is 17.9 Å². The minimum atomic E-state index is -0.782. The number of carboxylic acids is 1. The number of ether oxygens (including phenoxy) is 2. The zero-order valence-electron chi connectivity index (χ0n) is 16.6. The van der Waals surface area contributed by atoms with Gasteiger partial charge in [-0.2, -0.15) is 5.10 Å². The quantitative estimate of drug-likeness (QED) is 0.560. The van der Waals surface area contributed by atoms with Crippen LogP contribution in [0.25, 0.3) is 5.69 Å². The Hall–Kier alpha value is -3.35. The first kappa shape index (κ1) is 19.9. The largest absolute Gasteiger partial charge is 0.497 e. The van der Waals surface area contributed by atoms with E-state index in [4.69, 9.17) is 9.47 Å². The van der Waals surface area contributed by atoms with Crippen LogP contribution in [0.15, 0.2) is 54.9 Å². The second-order valence-electron chi connectivity index (χ2n) is 7.51. The van der Waals surface area contributed by atoms with Gasteiger partial charge in [-0.25, -0.2) is 9.07 Å². The zero-order chi connectivity index (χ0) is 21.1. The fourth-order valence-corrected chi connectivity index (χ4v) is 3.61. The number of aromatic nitrogens is 2. The van der Waals surface area contributed by atoms with Gasteiger partial charge in [-0.3, -0.25) is 4.79 Å². The number of nitrogens with zero attached hydrogens (tertiary/aromatic N) is 2. The Morgan fingerprint density at radius 3 is 2.83 bits per heavy atom. The van der Waals surface area contributed by atoms with Gasteiger partial charge in [-0.15, -0.1) is 0 Å². The summed E-state index contributed by atoms with van der Waals surface area (Å²) in [6.45, 7) is 0.266. The second kappa shape index (κ2) is 8.57. The van der Waals surface area contributed by atoms with E-state index in [9.17, 15) is 14.3 Å². The summed E-state index contributed by atoms with van der Waals surface area (Å²) in [4.78, 5) is 11.2. The Balaban J connectivity index is 1.45. The van der Waals surface area contributed by atoms with Crippen molar-refractivity contribution in [1.29, 1.82) is 0 Å². The van der Waals surface area contributed by atoms with Gasteiger partial charge in [0.25, 0.3) is 0 Å². The molecule has 0 unspecified atom stereocenters. The van der Waals surface area contributed by atoms with E-state index in [0.717, 1.165) is 24.0 Å². The molecular formula is C23H23FN2O4. The van der Waals surface area contributed by atoms with Crippen molar-refractivity contribution < 1.29 is 23.8 Å². The number of hydrogen-bond donors (Lipinski definition) is 1. The van der Waals surface area contributed by atoms with Gasteiger partial charge in [0.05, 0.1) is 19.7 Å². The molecule has 1 N–H and O–H groups in total. The molecule has 0 saturated heterocycles. The van der Waals surface area contributed by atoms with E-state index < -0.39 is 11.8 Å². The normalized spacial score (nSPS) is 14.3. The standard InChI is InChI=1S/C23H23FN2O4/c1-29-18-7-8-21(24)22(10-18)26-13-15(12-25-26)14-30-19-4-2-3-17(9-19)20(11-23(27)28)16-5-6-16/h2-4,7-10,12-13,16,20H,5-6,11,14H2,1H3,(H,27,28)/t20-/m0/s1. The Morgan fingerprint density at radius 2 is 2.10 bits per heavy atom. The fraction of sp³-hybridized carbons (Fsp3) is 0.304. The average molecular weight is 410 g/mol. The number of hydrogen-bond acceptors (Lipinski definition) is 4. The number of halogens is 1. The average Bonchev–Trinajstić information content (AvgIpc) is 3.48. The van der Waals surface area contributed by atoms with Crippen LogP contribution in [0.1, 0.15) is 36.3 Å². The van der Waals surface area contributed by atoms with Gasteiger partial charge < -0.3 is 14.6 Å². The van der Waals surface area contributed by atoms with Crippen LogP contribution in [0.4, 0.5) is 4.39 Å². The van der Waals surface area contributed by atoms with E-state index >= 15 is 0 Å². The van der Waals surface area contributed by atoms with Crippen molar-refractivity contribution in [2.24, 2.45) is 5.92 Å². The topological polar surface area (TPSA) is 73.6 Å². The highest BCUT2D eigenvalue weighted by Gasteiger charge is 2.33. The molecule has 4 rings (SSSR count). The summed E-state index contributed by atoms with van der Waals surface area (Å²) in [5.74, 6) is 0.489. The summed E-state index contributed by atoms with van der Waals surface area (Å²) < 4.78 is 26.6. The summed E-state index contributed by atoms with van der Waals surface area (Å²) in [6, 6.07) is 12.1. The van der Waals surface area contributed by atoms with Gasteiger partial charge in [0.2, 0.25) is 0 Å². The van der Waals surface area contributed by atoms with E-state index in [1.54, 1.807) is 24.5 Å². The van der Waals surface area contributed by atoms with Crippen LogP contribution in [0.2, 0.25) is 0 Å². The third-order valence-electron chi connectivity index (χ3n) is 5.31. The van der Waals surface area contributed by atoms with Crippen molar-refractivity contribution in [2.75, 3.05) is 7.11 Å². The number of carbonyl (C=O) groups is 1. The number of methoxy groups -OCH3 is 1. The van der Waals surface area contributed by atoms with E-state index in [0.29, 0.717) is 23.1 Å². The van der Waals surface area contributed by atoms with Crippen LogP contribution in [0.5, 0.6) is 11.5 Å². The van der Waals surface area contributed by atoms with Crippen molar-refractivity contribution in [3.8, 4) is 17.2 Å². The molecular weight excluding hydrogens is 387 g/mol. The highest BCUT2D eigenvalue weighted by atomic mass is 19.1. The monoisotopic (exact) mass is 410 g/mol. The summed E-state index contributed by atoms with van der Waals surface area (Å²) in [7, 11) is 1.53. The van der Waals surface area contributed by atoms with Gasteiger partial charge in [-0.1, -0.05) is 12.1 Å². The predicted molar refractivity (Wildman–Crippen MR) is 109 cm³/mol. The lowest BCUT2D eigenvalue weighted by Gasteiger charge is -2.15. The first-order chi connectivity index (χ1) is 14.5. The Kier molecular flexibility index (Phi) is 5.70. The molecule has 0 bridgehead atoms. The third kappa shape index (κ3) is 4.62. The number of rotatable bonds is 9. The zero-order valence-corrected chi connectivity index (χ0v) is 16.6. The van der Waals surface area contributed by atoms with E-state index in [2.05, 4.69) is 5.10 Å². The predicted octanol–water partition coefficient (Wildman–Crippen LogP) is 4.57. The van der Waals surface area contributed by atoms with E-state index in [-0.39, 0.29) is 18.9 Å².